The van der Waals surface area contributed by atoms with Gasteiger partial charge in [-0.25, -0.2) is 4.79 Å². The summed E-state index contributed by atoms with van der Waals surface area (Å²) in [6.07, 6.45) is 4.40. The number of nitrogens with zero attached hydrogens (tertiary/aromatic N) is 2. The molecule has 8 heteroatoms. The Hall–Kier alpha value is -1.93. The second kappa shape index (κ2) is 10.4. The number of carbonyl (C=O) groups excluding carboxylic acids is 3. The minimum Gasteiger partial charge on any atom is -0.465 e. The van der Waals surface area contributed by atoms with E-state index in [1.165, 1.54) is 18.4 Å². The highest BCUT2D eigenvalue weighted by atomic mass is 32.1. The Balaban J connectivity index is 1.90. The molecule has 0 bridgehead atoms. The maximum absolute atomic E-state index is 13.6. The predicted octanol–water partition coefficient (Wildman–Crippen LogP) is 3.12. The first-order valence-corrected chi connectivity index (χ1v) is 11.6. The largest absolute Gasteiger partial charge is 0.465 e. The fraction of sp³-hybridized carbons (Fsp3) is 0.682. The molecule has 7 nitrogen and oxygen atoms in total. The Bertz CT molecular complexity index is 764. The van der Waals surface area contributed by atoms with Gasteiger partial charge in [-0.3, -0.25) is 9.59 Å². The molecular formula is C22H32N2O5S. The number of morpholine rings is 1. The second-order valence-corrected chi connectivity index (χ2v) is 9.28. The summed E-state index contributed by atoms with van der Waals surface area (Å²) >= 11 is 1.33. The molecule has 0 aromatic carbocycles. The van der Waals surface area contributed by atoms with Crippen LogP contribution < -0.4 is 4.90 Å². The lowest BCUT2D eigenvalue weighted by Gasteiger charge is -2.33. The number of amides is 2. The molecule has 1 aliphatic carbocycles. The zero-order valence-electron chi connectivity index (χ0n) is 18.1. The summed E-state index contributed by atoms with van der Waals surface area (Å²) in [6, 6.07) is 1.87. The highest BCUT2D eigenvalue weighted by Gasteiger charge is 2.34. The van der Waals surface area contributed by atoms with Crippen molar-refractivity contribution in [1.29, 1.82) is 0 Å². The SMILES string of the molecule is CCc1cc(N(CC(=O)N2CCOCC2)C(=O)C2CCC(C)CC2)c(C(=O)OC)s1. The van der Waals surface area contributed by atoms with E-state index in [2.05, 4.69) is 6.92 Å². The van der Waals surface area contributed by atoms with Gasteiger partial charge < -0.3 is 19.3 Å². The summed E-state index contributed by atoms with van der Waals surface area (Å²) in [5, 5.41) is 0. The maximum Gasteiger partial charge on any atom is 0.350 e. The number of rotatable bonds is 6. The Kier molecular flexibility index (Phi) is 7.88. The summed E-state index contributed by atoms with van der Waals surface area (Å²) < 4.78 is 10.3. The smallest absolute Gasteiger partial charge is 0.350 e. The Morgan fingerprint density at radius 3 is 2.47 bits per heavy atom. The molecule has 0 unspecified atom stereocenters. The predicted molar refractivity (Wildman–Crippen MR) is 116 cm³/mol. The van der Waals surface area contributed by atoms with Crippen LogP contribution in [-0.2, 0) is 25.5 Å². The Labute approximate surface area is 182 Å². The number of ether oxygens (including phenoxy) is 2. The van der Waals surface area contributed by atoms with Gasteiger partial charge in [-0.05, 0) is 44.1 Å². The third-order valence-electron chi connectivity index (χ3n) is 6.06. The molecule has 166 valence electrons. The molecule has 0 spiro atoms. The molecule has 0 radical (unpaired) electrons. The summed E-state index contributed by atoms with van der Waals surface area (Å²) in [4.78, 5) is 43.7. The van der Waals surface area contributed by atoms with Crippen LogP contribution in [0.25, 0.3) is 0 Å². The fourth-order valence-electron chi connectivity index (χ4n) is 4.10. The first-order valence-electron chi connectivity index (χ1n) is 10.8. The molecule has 0 N–H and O–H groups in total. The number of esters is 1. The van der Waals surface area contributed by atoms with Crippen LogP contribution in [0, 0.1) is 11.8 Å². The van der Waals surface area contributed by atoms with Crippen LogP contribution in [0.15, 0.2) is 6.07 Å². The molecule has 1 aromatic heterocycles. The first-order chi connectivity index (χ1) is 14.4. The normalized spacial score (nSPS) is 21.9. The number of hydrogen-bond acceptors (Lipinski definition) is 6. The summed E-state index contributed by atoms with van der Waals surface area (Å²) in [6.45, 7) is 6.21. The molecule has 30 heavy (non-hydrogen) atoms. The average molecular weight is 437 g/mol. The van der Waals surface area contributed by atoms with Crippen molar-refractivity contribution in [1.82, 2.24) is 4.90 Å². The van der Waals surface area contributed by atoms with Crippen molar-refractivity contribution in [2.24, 2.45) is 11.8 Å². The number of thiophene rings is 1. The van der Waals surface area contributed by atoms with E-state index in [0.717, 1.165) is 37.0 Å². The van der Waals surface area contributed by atoms with Crippen LogP contribution in [0.2, 0.25) is 0 Å². The maximum atomic E-state index is 13.6. The summed E-state index contributed by atoms with van der Waals surface area (Å²) in [5.74, 6) is -0.140. The van der Waals surface area contributed by atoms with E-state index >= 15 is 0 Å². The monoisotopic (exact) mass is 436 g/mol. The van der Waals surface area contributed by atoms with Gasteiger partial charge in [-0.1, -0.05) is 13.8 Å². The van der Waals surface area contributed by atoms with E-state index in [0.29, 0.717) is 42.8 Å². The Morgan fingerprint density at radius 1 is 1.20 bits per heavy atom. The minimum atomic E-state index is -0.469. The van der Waals surface area contributed by atoms with E-state index in [-0.39, 0.29) is 24.3 Å². The third-order valence-corrected chi connectivity index (χ3v) is 7.31. The van der Waals surface area contributed by atoms with Crippen molar-refractivity contribution in [2.45, 2.75) is 46.0 Å². The van der Waals surface area contributed by atoms with Gasteiger partial charge in [0.05, 0.1) is 26.0 Å². The van der Waals surface area contributed by atoms with Crippen molar-refractivity contribution >= 4 is 34.8 Å². The first kappa shape index (κ1) is 22.7. The molecule has 2 heterocycles. The summed E-state index contributed by atoms with van der Waals surface area (Å²) in [5.41, 5.74) is 0.508. The second-order valence-electron chi connectivity index (χ2n) is 8.15. The van der Waals surface area contributed by atoms with Crippen molar-refractivity contribution in [3.63, 3.8) is 0 Å². The Morgan fingerprint density at radius 2 is 1.87 bits per heavy atom. The van der Waals surface area contributed by atoms with Crippen molar-refractivity contribution in [3.05, 3.63) is 15.8 Å². The van der Waals surface area contributed by atoms with Crippen molar-refractivity contribution < 1.29 is 23.9 Å². The zero-order chi connectivity index (χ0) is 21.7. The fourth-order valence-corrected chi connectivity index (χ4v) is 5.12. The van der Waals surface area contributed by atoms with E-state index in [4.69, 9.17) is 9.47 Å². The van der Waals surface area contributed by atoms with Gasteiger partial charge in [-0.15, -0.1) is 11.3 Å². The zero-order valence-corrected chi connectivity index (χ0v) is 19.0. The number of carbonyl (C=O) groups is 3. The molecular weight excluding hydrogens is 404 g/mol. The molecule has 1 saturated heterocycles. The topological polar surface area (TPSA) is 76.2 Å². The lowest BCUT2D eigenvalue weighted by Crippen LogP contribution is -2.49. The van der Waals surface area contributed by atoms with Gasteiger partial charge in [0, 0.05) is 23.9 Å². The quantitative estimate of drug-likeness (QED) is 0.641. The van der Waals surface area contributed by atoms with Crippen LogP contribution in [0.5, 0.6) is 0 Å². The highest BCUT2D eigenvalue weighted by Crippen LogP contribution is 2.35. The number of hydrogen-bond donors (Lipinski definition) is 0. The molecule has 1 saturated carbocycles. The summed E-state index contributed by atoms with van der Waals surface area (Å²) in [7, 11) is 1.34. The van der Waals surface area contributed by atoms with Crippen LogP contribution in [0.4, 0.5) is 5.69 Å². The van der Waals surface area contributed by atoms with Gasteiger partial charge in [0.15, 0.2) is 0 Å². The minimum absolute atomic E-state index is 0.0607. The number of aryl methyl sites for hydroxylation is 1. The van der Waals surface area contributed by atoms with E-state index in [1.54, 1.807) is 9.80 Å². The molecule has 2 fully saturated rings. The lowest BCUT2D eigenvalue weighted by atomic mass is 9.82. The number of methoxy groups -OCH3 is 1. The van der Waals surface area contributed by atoms with E-state index in [1.807, 2.05) is 13.0 Å². The van der Waals surface area contributed by atoms with Gasteiger partial charge >= 0.3 is 5.97 Å². The highest BCUT2D eigenvalue weighted by molar-refractivity contribution is 7.14. The van der Waals surface area contributed by atoms with Crippen LogP contribution >= 0.6 is 11.3 Å². The molecule has 2 aliphatic rings. The number of anilines is 1. The molecule has 1 aromatic rings. The molecule has 3 rings (SSSR count). The lowest BCUT2D eigenvalue weighted by molar-refractivity contribution is -0.135. The average Bonchev–Trinajstić information content (AvgIpc) is 3.21. The van der Waals surface area contributed by atoms with Crippen LogP contribution in [0.3, 0.4) is 0 Å². The van der Waals surface area contributed by atoms with Gasteiger partial charge in [0.1, 0.15) is 11.4 Å². The van der Waals surface area contributed by atoms with Crippen molar-refractivity contribution in [3.8, 4) is 0 Å². The van der Waals surface area contributed by atoms with Gasteiger partial charge in [0.25, 0.3) is 0 Å². The van der Waals surface area contributed by atoms with E-state index < -0.39 is 5.97 Å². The molecule has 1 aliphatic heterocycles. The van der Waals surface area contributed by atoms with Crippen LogP contribution in [0.1, 0.15) is 54.1 Å². The van der Waals surface area contributed by atoms with Gasteiger partial charge in [-0.2, -0.15) is 0 Å². The van der Waals surface area contributed by atoms with Crippen LogP contribution in [-0.4, -0.2) is 62.6 Å². The molecule has 0 atom stereocenters. The standard InChI is InChI=1S/C22H32N2O5S/c1-4-17-13-18(20(30-17)22(27)28-3)24(14-19(25)23-9-11-29-12-10-23)21(26)16-7-5-15(2)6-8-16/h13,15-16H,4-12,14H2,1-3H3. The third kappa shape index (κ3) is 5.21. The van der Waals surface area contributed by atoms with Crippen molar-refractivity contribution in [2.75, 3.05) is 44.9 Å². The van der Waals surface area contributed by atoms with Gasteiger partial charge in [0.2, 0.25) is 11.8 Å². The van der Waals surface area contributed by atoms with E-state index in [9.17, 15) is 14.4 Å². The molecule has 2 amide bonds.